The van der Waals surface area contributed by atoms with Crippen LogP contribution in [0.15, 0.2) is 12.1 Å². The number of carbonyl (C=O) groups excluding carboxylic acids is 1. The zero-order valence-electron chi connectivity index (χ0n) is 16.3. The van der Waals surface area contributed by atoms with Gasteiger partial charge in [-0.25, -0.2) is 19.9 Å². The van der Waals surface area contributed by atoms with Crippen molar-refractivity contribution < 1.29 is 9.53 Å². The third-order valence-electron chi connectivity index (χ3n) is 4.56. The van der Waals surface area contributed by atoms with Crippen molar-refractivity contribution in [3.63, 3.8) is 0 Å². The molecule has 1 N–H and O–H groups in total. The van der Waals surface area contributed by atoms with Crippen LogP contribution in [0.3, 0.4) is 0 Å². The average Bonchev–Trinajstić information content (AvgIpc) is 3.08. The van der Waals surface area contributed by atoms with E-state index in [0.717, 1.165) is 30.0 Å². The predicted molar refractivity (Wildman–Crippen MR) is 102 cm³/mol. The van der Waals surface area contributed by atoms with Crippen LogP contribution in [0.2, 0.25) is 0 Å². The molecule has 1 aliphatic heterocycles. The van der Waals surface area contributed by atoms with Crippen molar-refractivity contribution in [2.45, 2.75) is 39.5 Å². The molecule has 3 rings (SSSR count). The van der Waals surface area contributed by atoms with Crippen LogP contribution in [-0.2, 0) is 9.53 Å². The fourth-order valence-corrected chi connectivity index (χ4v) is 3.34. The smallest absolute Gasteiger partial charge is 0.228 e. The van der Waals surface area contributed by atoms with E-state index >= 15 is 0 Å². The molecule has 3 heterocycles. The minimum atomic E-state index is 0.132. The third-order valence-corrected chi connectivity index (χ3v) is 4.56. The van der Waals surface area contributed by atoms with Gasteiger partial charge in [0, 0.05) is 43.6 Å². The lowest BCUT2D eigenvalue weighted by Crippen LogP contribution is -2.29. The van der Waals surface area contributed by atoms with E-state index in [-0.39, 0.29) is 11.8 Å². The molecule has 0 spiro atoms. The van der Waals surface area contributed by atoms with Gasteiger partial charge in [0.25, 0.3) is 0 Å². The molecule has 0 aliphatic carbocycles. The fourth-order valence-electron chi connectivity index (χ4n) is 3.34. The largest absolute Gasteiger partial charge is 0.384 e. The van der Waals surface area contributed by atoms with Crippen molar-refractivity contribution >= 4 is 17.7 Å². The number of nitrogens with zero attached hydrogens (tertiary/aromatic N) is 5. The second-order valence-corrected chi connectivity index (χ2v) is 6.89. The molecule has 144 valence electrons. The summed E-state index contributed by atoms with van der Waals surface area (Å²) in [6, 6.07) is 3.86. The van der Waals surface area contributed by atoms with Crippen LogP contribution in [0.25, 0.3) is 0 Å². The van der Waals surface area contributed by atoms with Crippen molar-refractivity contribution in [2.24, 2.45) is 0 Å². The van der Waals surface area contributed by atoms with Crippen LogP contribution < -0.4 is 5.32 Å². The molecule has 1 unspecified atom stereocenters. The van der Waals surface area contributed by atoms with Gasteiger partial charge in [-0.2, -0.15) is 0 Å². The molecule has 27 heavy (non-hydrogen) atoms. The number of amides is 1. The van der Waals surface area contributed by atoms with E-state index in [1.807, 2.05) is 37.8 Å². The van der Waals surface area contributed by atoms with Gasteiger partial charge in [0.05, 0.1) is 18.7 Å². The molecule has 1 amide bonds. The minimum absolute atomic E-state index is 0.132. The Morgan fingerprint density at radius 2 is 1.93 bits per heavy atom. The van der Waals surface area contributed by atoms with Crippen LogP contribution in [0.5, 0.6) is 0 Å². The van der Waals surface area contributed by atoms with Gasteiger partial charge in [0.2, 0.25) is 11.9 Å². The molecule has 0 bridgehead atoms. The summed E-state index contributed by atoms with van der Waals surface area (Å²) in [5, 5.41) is 3.18. The minimum Gasteiger partial charge on any atom is -0.384 e. The summed E-state index contributed by atoms with van der Waals surface area (Å²) in [5.74, 6) is 2.22. The summed E-state index contributed by atoms with van der Waals surface area (Å²) in [6.07, 6.45) is 1.32. The summed E-state index contributed by atoms with van der Waals surface area (Å²) in [5.41, 5.74) is 2.74. The van der Waals surface area contributed by atoms with Gasteiger partial charge >= 0.3 is 0 Å². The van der Waals surface area contributed by atoms with E-state index in [9.17, 15) is 4.79 Å². The first kappa shape index (κ1) is 19.2. The number of nitrogens with one attached hydrogen (secondary N) is 1. The highest BCUT2D eigenvalue weighted by Crippen LogP contribution is 2.28. The zero-order valence-corrected chi connectivity index (χ0v) is 16.3. The van der Waals surface area contributed by atoms with Gasteiger partial charge in [0.1, 0.15) is 11.6 Å². The molecule has 2 aromatic heterocycles. The normalized spacial score (nSPS) is 16.6. The van der Waals surface area contributed by atoms with E-state index in [1.165, 1.54) is 0 Å². The number of aryl methyl sites for hydroxylation is 3. The van der Waals surface area contributed by atoms with Gasteiger partial charge in [0.15, 0.2) is 0 Å². The van der Waals surface area contributed by atoms with Gasteiger partial charge in [-0.15, -0.1) is 0 Å². The molecule has 1 atom stereocenters. The number of carbonyl (C=O) groups is 1. The van der Waals surface area contributed by atoms with Gasteiger partial charge in [-0.3, -0.25) is 4.79 Å². The van der Waals surface area contributed by atoms with Gasteiger partial charge in [-0.05, 0) is 33.3 Å². The van der Waals surface area contributed by atoms with Crippen LogP contribution in [0.1, 0.15) is 41.7 Å². The molecule has 1 saturated heterocycles. The Morgan fingerprint density at radius 1 is 1.19 bits per heavy atom. The second kappa shape index (κ2) is 8.39. The summed E-state index contributed by atoms with van der Waals surface area (Å²) in [6.45, 7) is 7.62. The quantitative estimate of drug-likeness (QED) is 0.834. The zero-order chi connectivity index (χ0) is 19.4. The standard InChI is InChI=1S/C19H26N6O2/c1-12-9-13(2)21-19(20-12)24-17-10-16(22-14(3)23-17)15-5-7-25(11-15)18(26)6-8-27-4/h9-10,15H,5-8,11H2,1-4H3,(H,20,21,22,23,24). The van der Waals surface area contributed by atoms with E-state index in [1.54, 1.807) is 7.11 Å². The summed E-state index contributed by atoms with van der Waals surface area (Å²) >= 11 is 0. The number of anilines is 2. The van der Waals surface area contributed by atoms with Crippen LogP contribution in [0.4, 0.5) is 11.8 Å². The van der Waals surface area contributed by atoms with Gasteiger partial charge < -0.3 is 15.0 Å². The van der Waals surface area contributed by atoms with Crippen LogP contribution >= 0.6 is 0 Å². The summed E-state index contributed by atoms with van der Waals surface area (Å²) in [4.78, 5) is 31.9. The second-order valence-electron chi connectivity index (χ2n) is 6.89. The number of likely N-dealkylation sites (tertiary alicyclic amines) is 1. The number of hydrogen-bond donors (Lipinski definition) is 1. The Balaban J connectivity index is 1.73. The maximum atomic E-state index is 12.2. The molecule has 0 saturated carbocycles. The number of hydrogen-bond acceptors (Lipinski definition) is 7. The topological polar surface area (TPSA) is 93.1 Å². The maximum absolute atomic E-state index is 12.2. The van der Waals surface area contributed by atoms with Crippen LogP contribution in [0, 0.1) is 20.8 Å². The fraction of sp³-hybridized carbons (Fsp3) is 0.526. The lowest BCUT2D eigenvalue weighted by atomic mass is 10.0. The van der Waals surface area contributed by atoms with E-state index in [4.69, 9.17) is 4.74 Å². The SMILES string of the molecule is COCCC(=O)N1CCC(c2cc(Nc3nc(C)cc(C)n3)nc(C)n2)C1. The lowest BCUT2D eigenvalue weighted by molar-refractivity contribution is -0.131. The molecule has 1 fully saturated rings. The highest BCUT2D eigenvalue weighted by Gasteiger charge is 2.28. The number of aromatic nitrogens is 4. The van der Waals surface area contributed by atoms with Crippen molar-refractivity contribution in [2.75, 3.05) is 32.1 Å². The molecule has 0 aromatic carbocycles. The third kappa shape index (κ3) is 4.97. The molecule has 8 nitrogen and oxygen atoms in total. The van der Waals surface area contributed by atoms with E-state index < -0.39 is 0 Å². The first-order valence-corrected chi connectivity index (χ1v) is 9.16. The van der Waals surface area contributed by atoms with Crippen LogP contribution in [-0.4, -0.2) is 57.5 Å². The Bertz CT molecular complexity index is 806. The summed E-state index contributed by atoms with van der Waals surface area (Å²) < 4.78 is 5.00. The Morgan fingerprint density at radius 3 is 2.63 bits per heavy atom. The Labute approximate surface area is 159 Å². The summed E-state index contributed by atoms with van der Waals surface area (Å²) in [7, 11) is 1.61. The van der Waals surface area contributed by atoms with Crippen molar-refractivity contribution in [3.05, 3.63) is 35.0 Å². The van der Waals surface area contributed by atoms with Crippen molar-refractivity contribution in [1.29, 1.82) is 0 Å². The van der Waals surface area contributed by atoms with E-state index in [0.29, 0.717) is 37.2 Å². The molecule has 0 radical (unpaired) electrons. The number of ether oxygens (including phenoxy) is 1. The molecular formula is C19H26N6O2. The van der Waals surface area contributed by atoms with E-state index in [2.05, 4.69) is 25.3 Å². The Hall–Kier alpha value is -2.61. The van der Waals surface area contributed by atoms with Gasteiger partial charge in [-0.1, -0.05) is 0 Å². The molecule has 1 aliphatic rings. The molecule has 2 aromatic rings. The van der Waals surface area contributed by atoms with Crippen molar-refractivity contribution in [1.82, 2.24) is 24.8 Å². The predicted octanol–water partition coefficient (Wildman–Crippen LogP) is 2.29. The average molecular weight is 370 g/mol. The number of methoxy groups -OCH3 is 1. The van der Waals surface area contributed by atoms with Crippen molar-refractivity contribution in [3.8, 4) is 0 Å². The highest BCUT2D eigenvalue weighted by atomic mass is 16.5. The Kier molecular flexibility index (Phi) is 5.95. The first-order valence-electron chi connectivity index (χ1n) is 9.16. The monoisotopic (exact) mass is 370 g/mol. The first-order chi connectivity index (χ1) is 12.9. The maximum Gasteiger partial charge on any atom is 0.228 e. The number of rotatable bonds is 6. The lowest BCUT2D eigenvalue weighted by Gasteiger charge is -2.16. The molecule has 8 heteroatoms. The molecular weight excluding hydrogens is 344 g/mol. The highest BCUT2D eigenvalue weighted by molar-refractivity contribution is 5.76.